The molecule has 0 bridgehead atoms. The van der Waals surface area contributed by atoms with Crippen molar-refractivity contribution in [2.45, 2.75) is 31.7 Å². The van der Waals surface area contributed by atoms with Crippen molar-refractivity contribution in [3.8, 4) is 17.2 Å². The number of fused-ring (bicyclic) bond motifs is 2. The first-order chi connectivity index (χ1) is 17.5. The molecule has 0 saturated heterocycles. The first-order valence-corrected chi connectivity index (χ1v) is 11.9. The lowest BCUT2D eigenvalue weighted by Gasteiger charge is -2.14. The van der Waals surface area contributed by atoms with Crippen molar-refractivity contribution in [1.29, 1.82) is 0 Å². The number of carbonyl (C=O) groups is 2. The van der Waals surface area contributed by atoms with E-state index in [-0.39, 0.29) is 18.6 Å². The number of methoxy groups -OCH3 is 3. The third-order valence-electron chi connectivity index (χ3n) is 6.45. The first kappa shape index (κ1) is 23.7. The number of benzene rings is 2. The van der Waals surface area contributed by atoms with Gasteiger partial charge in [-0.3, -0.25) is 4.79 Å². The fourth-order valence-corrected chi connectivity index (χ4v) is 4.60. The van der Waals surface area contributed by atoms with E-state index in [9.17, 15) is 9.59 Å². The van der Waals surface area contributed by atoms with Crippen LogP contribution in [0.2, 0.25) is 0 Å². The minimum Gasteiger partial charge on any atom is -0.493 e. The number of rotatable bonds is 8. The van der Waals surface area contributed by atoms with E-state index in [1.54, 1.807) is 21.3 Å². The number of hydrogen-bond acceptors (Lipinski definition) is 7. The molecule has 8 nitrogen and oxygen atoms in total. The van der Waals surface area contributed by atoms with Crippen LogP contribution in [0.15, 0.2) is 36.4 Å². The second kappa shape index (κ2) is 9.89. The van der Waals surface area contributed by atoms with Gasteiger partial charge in [-0.05, 0) is 66.7 Å². The maximum atomic E-state index is 13.2. The van der Waals surface area contributed by atoms with Crippen molar-refractivity contribution >= 4 is 34.4 Å². The number of nitrogens with one attached hydrogen (secondary N) is 1. The van der Waals surface area contributed by atoms with Gasteiger partial charge in [0.2, 0.25) is 5.75 Å². The number of aromatic nitrogens is 1. The normalized spacial score (nSPS) is 15.5. The fourth-order valence-electron chi connectivity index (χ4n) is 4.60. The molecule has 2 aliphatic rings. The zero-order valence-corrected chi connectivity index (χ0v) is 20.6. The molecule has 0 aliphatic heterocycles. The molecule has 2 aliphatic carbocycles. The van der Waals surface area contributed by atoms with E-state index in [2.05, 4.69) is 5.32 Å². The summed E-state index contributed by atoms with van der Waals surface area (Å²) in [5.74, 6) is 0.854. The fraction of sp³-hybridized carbons (Fsp3) is 0.321. The van der Waals surface area contributed by atoms with Gasteiger partial charge in [0.05, 0.1) is 38.1 Å². The molecule has 1 heterocycles. The Kier molecular flexibility index (Phi) is 6.50. The van der Waals surface area contributed by atoms with Gasteiger partial charge in [0, 0.05) is 11.4 Å². The van der Waals surface area contributed by atoms with Crippen LogP contribution >= 0.6 is 0 Å². The number of esters is 1. The molecule has 1 aromatic heterocycles. The Balaban J connectivity index is 1.52. The number of nitrogens with zero attached hydrogens (tertiary/aromatic N) is 1. The molecule has 1 amide bonds. The Morgan fingerprint density at radius 2 is 1.75 bits per heavy atom. The third kappa shape index (κ3) is 4.58. The molecule has 0 spiro atoms. The Bertz CT molecular complexity index is 1350. The van der Waals surface area contributed by atoms with Crippen LogP contribution in [-0.4, -0.2) is 50.8 Å². The molecule has 5 rings (SSSR count). The van der Waals surface area contributed by atoms with E-state index in [1.807, 2.05) is 42.5 Å². The largest absolute Gasteiger partial charge is 0.493 e. The van der Waals surface area contributed by atoms with Gasteiger partial charge < -0.3 is 24.3 Å². The SMILES string of the molecule is COc1cc(/C=C2\CCc3c2nc2ccccc2c3C(=O)OCC(=O)NC2CC2)cc(OC)c1OC. The Morgan fingerprint density at radius 1 is 1.03 bits per heavy atom. The number of para-hydroxylation sites is 1. The van der Waals surface area contributed by atoms with Crippen LogP contribution < -0.4 is 19.5 Å². The quantitative estimate of drug-likeness (QED) is 0.475. The molecular formula is C28H28N2O6. The van der Waals surface area contributed by atoms with Crippen LogP contribution in [0.25, 0.3) is 22.6 Å². The molecule has 1 N–H and O–H groups in total. The van der Waals surface area contributed by atoms with E-state index in [1.165, 1.54) is 0 Å². The van der Waals surface area contributed by atoms with E-state index < -0.39 is 5.97 Å². The monoisotopic (exact) mass is 488 g/mol. The summed E-state index contributed by atoms with van der Waals surface area (Å²) in [6.45, 7) is -0.297. The number of carbonyl (C=O) groups excluding carboxylic acids is 2. The van der Waals surface area contributed by atoms with Crippen molar-refractivity contribution < 1.29 is 28.5 Å². The summed E-state index contributed by atoms with van der Waals surface area (Å²) in [4.78, 5) is 30.2. The van der Waals surface area contributed by atoms with Crippen molar-refractivity contribution in [3.05, 3.63) is 58.8 Å². The molecule has 3 aromatic rings. The van der Waals surface area contributed by atoms with Crippen molar-refractivity contribution in [1.82, 2.24) is 10.3 Å². The van der Waals surface area contributed by atoms with Crippen LogP contribution in [0.4, 0.5) is 0 Å². The van der Waals surface area contributed by atoms with Gasteiger partial charge in [-0.25, -0.2) is 9.78 Å². The summed E-state index contributed by atoms with van der Waals surface area (Å²) in [6.07, 6.45) is 5.32. The Labute approximate surface area is 209 Å². The third-order valence-corrected chi connectivity index (χ3v) is 6.45. The highest BCUT2D eigenvalue weighted by atomic mass is 16.5. The molecule has 2 aromatic carbocycles. The number of allylic oxidation sites excluding steroid dienone is 1. The maximum Gasteiger partial charge on any atom is 0.339 e. The number of ether oxygens (including phenoxy) is 4. The van der Waals surface area contributed by atoms with Gasteiger partial charge in [0.15, 0.2) is 18.1 Å². The molecule has 36 heavy (non-hydrogen) atoms. The molecule has 1 saturated carbocycles. The van der Waals surface area contributed by atoms with Crippen molar-refractivity contribution in [2.24, 2.45) is 0 Å². The zero-order valence-electron chi connectivity index (χ0n) is 20.6. The van der Waals surface area contributed by atoms with Crippen LogP contribution in [-0.2, 0) is 16.0 Å². The molecular weight excluding hydrogens is 460 g/mol. The standard InChI is InChI=1S/C28H28N2O6/c1-33-22-13-16(14-23(34-2)27(22)35-3)12-17-8-11-20-25(19-6-4-5-7-21(19)30-26(17)20)28(32)36-15-24(31)29-18-9-10-18/h4-7,12-14,18H,8-11,15H2,1-3H3,(H,29,31)/b17-12+. The summed E-state index contributed by atoms with van der Waals surface area (Å²) in [5, 5.41) is 3.56. The number of amides is 1. The first-order valence-electron chi connectivity index (χ1n) is 11.9. The average molecular weight is 489 g/mol. The lowest BCUT2D eigenvalue weighted by Crippen LogP contribution is -2.30. The van der Waals surface area contributed by atoms with Crippen LogP contribution in [0, 0.1) is 0 Å². The van der Waals surface area contributed by atoms with Crippen molar-refractivity contribution in [2.75, 3.05) is 27.9 Å². The highest BCUT2D eigenvalue weighted by Crippen LogP contribution is 2.41. The molecule has 0 unspecified atom stereocenters. The van der Waals surface area contributed by atoms with Crippen LogP contribution in [0.5, 0.6) is 17.2 Å². The lowest BCUT2D eigenvalue weighted by molar-refractivity contribution is -0.124. The van der Waals surface area contributed by atoms with Gasteiger partial charge in [0.25, 0.3) is 5.91 Å². The van der Waals surface area contributed by atoms with Gasteiger partial charge >= 0.3 is 5.97 Å². The van der Waals surface area contributed by atoms with Crippen molar-refractivity contribution in [3.63, 3.8) is 0 Å². The highest BCUT2D eigenvalue weighted by Gasteiger charge is 2.29. The van der Waals surface area contributed by atoms with E-state index in [0.29, 0.717) is 41.2 Å². The summed E-state index contributed by atoms with van der Waals surface area (Å²) >= 11 is 0. The molecule has 0 radical (unpaired) electrons. The average Bonchev–Trinajstić information content (AvgIpc) is 3.63. The van der Waals surface area contributed by atoms with Gasteiger partial charge in [-0.1, -0.05) is 18.2 Å². The van der Waals surface area contributed by atoms with E-state index >= 15 is 0 Å². The summed E-state index contributed by atoms with van der Waals surface area (Å²) in [6, 6.07) is 11.5. The predicted molar refractivity (Wildman–Crippen MR) is 135 cm³/mol. The van der Waals surface area contributed by atoms with Gasteiger partial charge in [0.1, 0.15) is 0 Å². The second-order valence-corrected chi connectivity index (χ2v) is 8.88. The summed E-state index contributed by atoms with van der Waals surface area (Å²) in [5.41, 5.74) is 4.62. The Hall–Kier alpha value is -4.07. The number of hydrogen-bond donors (Lipinski definition) is 1. The van der Waals surface area contributed by atoms with E-state index in [0.717, 1.165) is 40.6 Å². The van der Waals surface area contributed by atoms with Gasteiger partial charge in [-0.2, -0.15) is 0 Å². The smallest absolute Gasteiger partial charge is 0.339 e. The molecule has 186 valence electrons. The summed E-state index contributed by atoms with van der Waals surface area (Å²) in [7, 11) is 4.72. The topological polar surface area (TPSA) is 96.0 Å². The minimum absolute atomic E-state index is 0.213. The van der Waals surface area contributed by atoms with Crippen LogP contribution in [0.3, 0.4) is 0 Å². The molecule has 0 atom stereocenters. The predicted octanol–water partition coefficient (Wildman–Crippen LogP) is 4.18. The summed E-state index contributed by atoms with van der Waals surface area (Å²) < 4.78 is 21.9. The van der Waals surface area contributed by atoms with Crippen LogP contribution in [0.1, 0.15) is 46.4 Å². The highest BCUT2D eigenvalue weighted by molar-refractivity contribution is 6.07. The lowest BCUT2D eigenvalue weighted by atomic mass is 10.0. The zero-order chi connectivity index (χ0) is 25.2. The second-order valence-electron chi connectivity index (χ2n) is 8.88. The van der Waals surface area contributed by atoms with Gasteiger partial charge in [-0.15, -0.1) is 0 Å². The molecule has 1 fully saturated rings. The van der Waals surface area contributed by atoms with E-state index in [4.69, 9.17) is 23.9 Å². The molecule has 8 heteroatoms. The minimum atomic E-state index is -0.509. The Morgan fingerprint density at radius 3 is 2.42 bits per heavy atom. The maximum absolute atomic E-state index is 13.2. The number of pyridine rings is 1.